The van der Waals surface area contributed by atoms with E-state index in [0.29, 0.717) is 16.8 Å². The molecule has 0 fully saturated rings. The van der Waals surface area contributed by atoms with Gasteiger partial charge >= 0.3 is 5.97 Å². The Bertz CT molecular complexity index is 696. The number of benzene rings is 1. The van der Waals surface area contributed by atoms with E-state index in [2.05, 4.69) is 10.3 Å². The topological polar surface area (TPSA) is 68.3 Å². The highest BCUT2D eigenvalue weighted by molar-refractivity contribution is 6.08. The third-order valence-corrected chi connectivity index (χ3v) is 2.97. The average Bonchev–Trinajstić information content (AvgIpc) is 2.48. The van der Waals surface area contributed by atoms with Crippen LogP contribution in [0.4, 0.5) is 5.69 Å². The fraction of sp³-hybridized carbons (Fsp3) is 0.188. The first-order valence-corrected chi connectivity index (χ1v) is 6.43. The Morgan fingerprint density at radius 3 is 2.52 bits per heavy atom. The van der Waals surface area contributed by atoms with E-state index in [1.54, 1.807) is 24.4 Å². The van der Waals surface area contributed by atoms with Crippen LogP contribution >= 0.6 is 0 Å². The van der Waals surface area contributed by atoms with Crippen molar-refractivity contribution in [1.29, 1.82) is 0 Å². The molecule has 0 aliphatic rings. The van der Waals surface area contributed by atoms with Crippen molar-refractivity contribution in [3.63, 3.8) is 0 Å². The highest BCUT2D eigenvalue weighted by Crippen LogP contribution is 2.19. The SMILES string of the molecule is COC(=O)c1cc(C)ccc1NC(=O)c1cncc(C)c1. The summed E-state index contributed by atoms with van der Waals surface area (Å²) in [5.41, 5.74) is 2.97. The maximum absolute atomic E-state index is 12.2. The average molecular weight is 284 g/mol. The number of nitrogens with zero attached hydrogens (tertiary/aromatic N) is 1. The molecule has 0 atom stereocenters. The lowest BCUT2D eigenvalue weighted by molar-refractivity contribution is 0.0602. The third-order valence-electron chi connectivity index (χ3n) is 2.97. The van der Waals surface area contributed by atoms with Gasteiger partial charge in [0.05, 0.1) is 23.9 Å². The van der Waals surface area contributed by atoms with E-state index < -0.39 is 5.97 Å². The number of aromatic nitrogens is 1. The highest BCUT2D eigenvalue weighted by Gasteiger charge is 2.15. The van der Waals surface area contributed by atoms with Crippen LogP contribution in [0.3, 0.4) is 0 Å². The van der Waals surface area contributed by atoms with E-state index in [1.165, 1.54) is 13.3 Å². The summed E-state index contributed by atoms with van der Waals surface area (Å²) in [7, 11) is 1.31. The predicted octanol–water partition coefficient (Wildman–Crippen LogP) is 2.74. The molecule has 21 heavy (non-hydrogen) atoms. The van der Waals surface area contributed by atoms with Gasteiger partial charge in [-0.3, -0.25) is 9.78 Å². The molecule has 0 unspecified atom stereocenters. The van der Waals surface area contributed by atoms with Crippen LogP contribution in [-0.4, -0.2) is 24.0 Å². The molecular formula is C16H16N2O3. The molecule has 0 saturated heterocycles. The van der Waals surface area contributed by atoms with Crippen LogP contribution < -0.4 is 5.32 Å². The van der Waals surface area contributed by atoms with Gasteiger partial charge < -0.3 is 10.1 Å². The minimum absolute atomic E-state index is 0.319. The second-order valence-electron chi connectivity index (χ2n) is 4.75. The van der Waals surface area contributed by atoms with Crippen LogP contribution in [0.15, 0.2) is 36.7 Å². The minimum Gasteiger partial charge on any atom is -0.465 e. The fourth-order valence-electron chi connectivity index (χ4n) is 1.92. The van der Waals surface area contributed by atoms with Crippen molar-refractivity contribution in [2.45, 2.75) is 13.8 Å². The fourth-order valence-corrected chi connectivity index (χ4v) is 1.92. The number of carbonyl (C=O) groups excluding carboxylic acids is 2. The maximum Gasteiger partial charge on any atom is 0.339 e. The second-order valence-corrected chi connectivity index (χ2v) is 4.75. The lowest BCUT2D eigenvalue weighted by Gasteiger charge is -2.10. The molecule has 5 heteroatoms. The number of pyridine rings is 1. The van der Waals surface area contributed by atoms with Crippen molar-refractivity contribution < 1.29 is 14.3 Å². The van der Waals surface area contributed by atoms with Crippen molar-refractivity contribution in [3.05, 3.63) is 58.9 Å². The van der Waals surface area contributed by atoms with Gasteiger partial charge in [-0.1, -0.05) is 11.6 Å². The second kappa shape index (κ2) is 6.17. The monoisotopic (exact) mass is 284 g/mol. The lowest BCUT2D eigenvalue weighted by atomic mass is 10.1. The zero-order chi connectivity index (χ0) is 15.4. The number of aryl methyl sites for hydroxylation is 2. The number of nitrogens with one attached hydrogen (secondary N) is 1. The van der Waals surface area contributed by atoms with E-state index in [9.17, 15) is 9.59 Å². The van der Waals surface area contributed by atoms with Crippen molar-refractivity contribution in [3.8, 4) is 0 Å². The Labute approximate surface area is 123 Å². The van der Waals surface area contributed by atoms with E-state index in [4.69, 9.17) is 4.74 Å². The number of rotatable bonds is 3. The van der Waals surface area contributed by atoms with Gasteiger partial charge in [-0.05, 0) is 37.6 Å². The molecule has 108 valence electrons. The maximum atomic E-state index is 12.2. The van der Waals surface area contributed by atoms with Crippen LogP contribution in [-0.2, 0) is 4.74 Å². The molecule has 1 amide bonds. The molecule has 2 rings (SSSR count). The Morgan fingerprint density at radius 2 is 1.86 bits per heavy atom. The summed E-state index contributed by atoms with van der Waals surface area (Å²) in [6, 6.07) is 6.91. The molecule has 0 aliphatic heterocycles. The molecule has 0 radical (unpaired) electrons. The molecule has 0 saturated carbocycles. The van der Waals surface area contributed by atoms with E-state index >= 15 is 0 Å². The van der Waals surface area contributed by atoms with Crippen LogP contribution in [0.5, 0.6) is 0 Å². The standard InChI is InChI=1S/C16H16N2O3/c1-10-4-5-14(13(7-10)16(20)21-3)18-15(19)12-6-11(2)8-17-9-12/h4-9H,1-3H3,(H,18,19). The third kappa shape index (κ3) is 3.45. The number of anilines is 1. The van der Waals surface area contributed by atoms with E-state index in [-0.39, 0.29) is 5.91 Å². The van der Waals surface area contributed by atoms with Gasteiger partial charge in [0.15, 0.2) is 0 Å². The van der Waals surface area contributed by atoms with Gasteiger partial charge in [0, 0.05) is 12.4 Å². The van der Waals surface area contributed by atoms with Gasteiger partial charge in [-0.25, -0.2) is 4.79 Å². The van der Waals surface area contributed by atoms with E-state index in [0.717, 1.165) is 11.1 Å². The quantitative estimate of drug-likeness (QED) is 0.880. The molecule has 1 aromatic carbocycles. The predicted molar refractivity (Wildman–Crippen MR) is 79.4 cm³/mol. The first-order chi connectivity index (χ1) is 10.0. The normalized spacial score (nSPS) is 10.0. The number of carbonyl (C=O) groups is 2. The molecule has 1 heterocycles. The van der Waals surface area contributed by atoms with Crippen LogP contribution in [0.2, 0.25) is 0 Å². The van der Waals surface area contributed by atoms with Crippen molar-refractivity contribution in [2.75, 3.05) is 12.4 Å². The van der Waals surface area contributed by atoms with Crippen molar-refractivity contribution >= 4 is 17.6 Å². The van der Waals surface area contributed by atoms with Crippen molar-refractivity contribution in [1.82, 2.24) is 4.98 Å². The number of amides is 1. The molecule has 0 spiro atoms. The number of hydrogen-bond donors (Lipinski definition) is 1. The van der Waals surface area contributed by atoms with Crippen LogP contribution in [0, 0.1) is 13.8 Å². The minimum atomic E-state index is -0.489. The van der Waals surface area contributed by atoms with Crippen LogP contribution in [0.1, 0.15) is 31.8 Å². The summed E-state index contributed by atoms with van der Waals surface area (Å²) in [5, 5.41) is 2.72. The summed E-state index contributed by atoms with van der Waals surface area (Å²) >= 11 is 0. The number of ether oxygens (including phenoxy) is 1. The van der Waals surface area contributed by atoms with Crippen molar-refractivity contribution in [2.24, 2.45) is 0 Å². The molecule has 5 nitrogen and oxygen atoms in total. The molecule has 1 N–H and O–H groups in total. The molecular weight excluding hydrogens is 268 g/mol. The molecule has 0 aliphatic carbocycles. The number of esters is 1. The van der Waals surface area contributed by atoms with Crippen LogP contribution in [0.25, 0.3) is 0 Å². The van der Waals surface area contributed by atoms with Gasteiger partial charge in [-0.15, -0.1) is 0 Å². The Morgan fingerprint density at radius 1 is 1.10 bits per heavy atom. The Kier molecular flexibility index (Phi) is 4.33. The van der Waals surface area contributed by atoms with E-state index in [1.807, 2.05) is 19.9 Å². The summed E-state index contributed by atoms with van der Waals surface area (Å²) in [6.07, 6.45) is 3.15. The van der Waals surface area contributed by atoms with Gasteiger partial charge in [0.1, 0.15) is 0 Å². The largest absolute Gasteiger partial charge is 0.465 e. The Balaban J connectivity index is 2.31. The smallest absolute Gasteiger partial charge is 0.339 e. The van der Waals surface area contributed by atoms with Gasteiger partial charge in [0.25, 0.3) is 5.91 Å². The molecule has 2 aromatic rings. The summed E-state index contributed by atoms with van der Waals surface area (Å²) in [5.74, 6) is -0.809. The van der Waals surface area contributed by atoms with Gasteiger partial charge in [0.2, 0.25) is 0 Å². The number of hydrogen-bond acceptors (Lipinski definition) is 4. The zero-order valence-electron chi connectivity index (χ0n) is 12.1. The highest BCUT2D eigenvalue weighted by atomic mass is 16.5. The summed E-state index contributed by atoms with van der Waals surface area (Å²) in [4.78, 5) is 28.0. The molecule has 1 aromatic heterocycles. The molecule has 0 bridgehead atoms. The number of methoxy groups -OCH3 is 1. The summed E-state index contributed by atoms with van der Waals surface area (Å²) < 4.78 is 4.74. The first kappa shape index (κ1) is 14.7. The van der Waals surface area contributed by atoms with Gasteiger partial charge in [-0.2, -0.15) is 0 Å². The summed E-state index contributed by atoms with van der Waals surface area (Å²) in [6.45, 7) is 3.72. The Hall–Kier alpha value is -2.69. The first-order valence-electron chi connectivity index (χ1n) is 6.43. The zero-order valence-corrected chi connectivity index (χ0v) is 12.1. The lowest BCUT2D eigenvalue weighted by Crippen LogP contribution is -2.16.